The molecule has 0 aliphatic carbocycles. The molecule has 0 radical (unpaired) electrons. The van der Waals surface area contributed by atoms with Gasteiger partial charge < -0.3 is 5.32 Å². The van der Waals surface area contributed by atoms with Gasteiger partial charge >= 0.3 is 0 Å². The molecule has 0 atom stereocenters. The molecule has 1 N–H and O–H groups in total. The number of rotatable bonds is 3. The number of benzene rings is 2. The lowest BCUT2D eigenvalue weighted by atomic mass is 10.1. The van der Waals surface area contributed by atoms with Crippen molar-refractivity contribution < 1.29 is 0 Å². The number of hydrogen-bond donors (Lipinski definition) is 1. The molecule has 0 saturated heterocycles. The molecule has 0 fully saturated rings. The van der Waals surface area contributed by atoms with Gasteiger partial charge in [0.1, 0.15) is 11.7 Å². The maximum absolute atomic E-state index is 4.96. The third-order valence-electron chi connectivity index (χ3n) is 4.84. The molecule has 0 amide bonds. The van der Waals surface area contributed by atoms with E-state index >= 15 is 0 Å². The monoisotopic (exact) mass is 345 g/mol. The summed E-state index contributed by atoms with van der Waals surface area (Å²) in [6.07, 6.45) is 4.01. The van der Waals surface area contributed by atoms with Crippen LogP contribution in [0.1, 0.15) is 42.0 Å². The quantitative estimate of drug-likeness (QED) is 0.726. The summed E-state index contributed by atoms with van der Waals surface area (Å²) in [7, 11) is 0. The highest BCUT2D eigenvalue weighted by atomic mass is 15.1. The van der Waals surface area contributed by atoms with E-state index in [-0.39, 0.29) is 0 Å². The molecule has 2 aromatic carbocycles. The van der Waals surface area contributed by atoms with Crippen LogP contribution >= 0.6 is 0 Å². The van der Waals surface area contributed by atoms with E-state index in [1.807, 2.05) is 0 Å². The fourth-order valence-corrected chi connectivity index (χ4v) is 3.28. The Morgan fingerprint density at radius 1 is 0.808 bits per heavy atom. The Morgan fingerprint density at radius 2 is 1.31 bits per heavy atom. The van der Waals surface area contributed by atoms with Gasteiger partial charge in [0, 0.05) is 6.42 Å². The van der Waals surface area contributed by atoms with E-state index in [1.165, 1.54) is 27.8 Å². The van der Waals surface area contributed by atoms with Gasteiger partial charge in [-0.05, 0) is 61.9 Å². The lowest BCUT2D eigenvalue weighted by Crippen LogP contribution is -2.35. The average molecular weight is 345 g/mol. The first kappa shape index (κ1) is 18.1. The molecule has 26 heavy (non-hydrogen) atoms. The van der Waals surface area contributed by atoms with Crippen molar-refractivity contribution >= 4 is 23.0 Å². The van der Waals surface area contributed by atoms with Crippen LogP contribution in [0.3, 0.4) is 0 Å². The van der Waals surface area contributed by atoms with Crippen molar-refractivity contribution in [2.24, 2.45) is 9.98 Å². The van der Waals surface area contributed by atoms with Crippen molar-refractivity contribution in [1.82, 2.24) is 5.32 Å². The number of hydrogen-bond acceptors (Lipinski definition) is 2. The Morgan fingerprint density at radius 3 is 1.81 bits per heavy atom. The highest BCUT2D eigenvalue weighted by Gasteiger charge is 2.16. The molecule has 2 aromatic rings. The minimum absolute atomic E-state index is 0.808. The van der Waals surface area contributed by atoms with E-state index in [9.17, 15) is 0 Å². The van der Waals surface area contributed by atoms with Crippen molar-refractivity contribution in [3.8, 4) is 0 Å². The molecular weight excluding hydrogens is 318 g/mol. The highest BCUT2D eigenvalue weighted by molar-refractivity contribution is 6.13. The van der Waals surface area contributed by atoms with Crippen LogP contribution in [0.4, 0.5) is 11.4 Å². The highest BCUT2D eigenvalue weighted by Crippen LogP contribution is 2.27. The predicted molar refractivity (Wildman–Crippen MR) is 112 cm³/mol. The molecule has 1 aliphatic heterocycles. The minimum atomic E-state index is 0.808. The summed E-state index contributed by atoms with van der Waals surface area (Å²) >= 11 is 0. The molecule has 3 nitrogen and oxygen atoms in total. The van der Waals surface area contributed by atoms with Gasteiger partial charge in [-0.1, -0.05) is 49.4 Å². The molecule has 3 rings (SSSR count). The molecule has 0 aromatic heterocycles. The van der Waals surface area contributed by atoms with Crippen molar-refractivity contribution in [2.75, 3.05) is 0 Å². The molecule has 0 bridgehead atoms. The van der Waals surface area contributed by atoms with Gasteiger partial charge in [-0.2, -0.15) is 0 Å². The second-order valence-corrected chi connectivity index (χ2v) is 6.91. The summed E-state index contributed by atoms with van der Waals surface area (Å²) in [6.45, 7) is 10.6. The first-order chi connectivity index (χ1) is 12.5. The Labute approximate surface area is 156 Å². The number of amidine groups is 2. The maximum Gasteiger partial charge on any atom is 0.134 e. The zero-order chi connectivity index (χ0) is 18.7. The Hall–Kier alpha value is -2.68. The van der Waals surface area contributed by atoms with E-state index in [0.29, 0.717) is 0 Å². The zero-order valence-electron chi connectivity index (χ0n) is 16.4. The SMILES string of the molecule is CCC1=CCC(=Nc2c(C)cccc2C)NC1=Nc1c(C)cccc1C. The van der Waals surface area contributed by atoms with Gasteiger partial charge in [0.05, 0.1) is 11.4 Å². The predicted octanol–water partition coefficient (Wildman–Crippen LogP) is 6.01. The zero-order valence-corrected chi connectivity index (χ0v) is 16.4. The topological polar surface area (TPSA) is 36.8 Å². The van der Waals surface area contributed by atoms with Crippen LogP contribution < -0.4 is 5.32 Å². The summed E-state index contributed by atoms with van der Waals surface area (Å²) < 4.78 is 0. The van der Waals surface area contributed by atoms with Crippen LogP contribution in [0.5, 0.6) is 0 Å². The Kier molecular flexibility index (Phi) is 5.36. The van der Waals surface area contributed by atoms with Crippen molar-refractivity contribution in [3.63, 3.8) is 0 Å². The second-order valence-electron chi connectivity index (χ2n) is 6.91. The molecule has 3 heteroatoms. The van der Waals surface area contributed by atoms with Crippen molar-refractivity contribution in [3.05, 3.63) is 70.3 Å². The fourth-order valence-electron chi connectivity index (χ4n) is 3.28. The van der Waals surface area contributed by atoms with Crippen LogP contribution in [0, 0.1) is 27.7 Å². The number of para-hydroxylation sites is 2. The van der Waals surface area contributed by atoms with Crippen LogP contribution in [-0.2, 0) is 0 Å². The summed E-state index contributed by atoms with van der Waals surface area (Å²) in [5.74, 6) is 1.87. The first-order valence-corrected chi connectivity index (χ1v) is 9.24. The molecule has 1 aliphatic rings. The maximum atomic E-state index is 4.96. The number of nitrogens with zero attached hydrogens (tertiary/aromatic N) is 2. The van der Waals surface area contributed by atoms with E-state index in [4.69, 9.17) is 9.98 Å². The van der Waals surface area contributed by atoms with E-state index < -0.39 is 0 Å². The fraction of sp³-hybridized carbons (Fsp3) is 0.304. The third kappa shape index (κ3) is 3.77. The van der Waals surface area contributed by atoms with Crippen LogP contribution in [-0.4, -0.2) is 11.7 Å². The molecule has 0 saturated carbocycles. The number of aliphatic imine (C=N–C) groups is 2. The van der Waals surface area contributed by atoms with Crippen LogP contribution in [0.2, 0.25) is 0 Å². The smallest absolute Gasteiger partial charge is 0.134 e. The van der Waals surface area contributed by atoms with Gasteiger partial charge in [-0.25, -0.2) is 9.98 Å². The van der Waals surface area contributed by atoms with E-state index in [1.54, 1.807) is 0 Å². The van der Waals surface area contributed by atoms with Crippen molar-refractivity contribution in [2.45, 2.75) is 47.5 Å². The van der Waals surface area contributed by atoms with Gasteiger partial charge in [0.2, 0.25) is 0 Å². The minimum Gasteiger partial charge on any atom is -0.328 e. The molecule has 1 heterocycles. The molecule has 134 valence electrons. The largest absolute Gasteiger partial charge is 0.328 e. The van der Waals surface area contributed by atoms with Gasteiger partial charge in [0.15, 0.2) is 0 Å². The number of nitrogens with one attached hydrogen (secondary N) is 1. The Bertz CT molecular complexity index is 877. The average Bonchev–Trinajstić information content (AvgIpc) is 2.62. The van der Waals surface area contributed by atoms with Crippen LogP contribution in [0.15, 0.2) is 58.0 Å². The summed E-state index contributed by atoms with van der Waals surface area (Å²) in [5.41, 5.74) is 8.10. The van der Waals surface area contributed by atoms with Gasteiger partial charge in [0.25, 0.3) is 0 Å². The summed E-state index contributed by atoms with van der Waals surface area (Å²) in [5, 5.41) is 3.49. The summed E-state index contributed by atoms with van der Waals surface area (Å²) in [6, 6.07) is 12.6. The van der Waals surface area contributed by atoms with Crippen molar-refractivity contribution in [1.29, 1.82) is 0 Å². The summed E-state index contributed by atoms with van der Waals surface area (Å²) in [4.78, 5) is 9.87. The van der Waals surface area contributed by atoms with Gasteiger partial charge in [-0.15, -0.1) is 0 Å². The normalized spacial score (nSPS) is 17.3. The van der Waals surface area contributed by atoms with Crippen LogP contribution in [0.25, 0.3) is 0 Å². The molecule has 0 unspecified atom stereocenters. The lowest BCUT2D eigenvalue weighted by molar-refractivity contribution is 1.07. The van der Waals surface area contributed by atoms with E-state index in [2.05, 4.69) is 82.4 Å². The van der Waals surface area contributed by atoms with E-state index in [0.717, 1.165) is 35.9 Å². The second kappa shape index (κ2) is 7.69. The molecular formula is C23H27N3. The molecule has 0 spiro atoms. The lowest BCUT2D eigenvalue weighted by Gasteiger charge is -2.20. The van der Waals surface area contributed by atoms with Gasteiger partial charge in [-0.3, -0.25) is 0 Å². The number of aryl methyl sites for hydroxylation is 4. The first-order valence-electron chi connectivity index (χ1n) is 9.24. The standard InChI is InChI=1S/C23H27N3/c1-6-19-13-14-20(24-21-15(2)9-7-10-16(21)3)25-23(19)26-22-17(4)11-8-12-18(22)5/h7-13H,6,14H2,1-5H3,(H,24,25,26). The Balaban J connectivity index is 2.01. The third-order valence-corrected chi connectivity index (χ3v) is 4.84.